The van der Waals surface area contributed by atoms with Gasteiger partial charge in [-0.15, -0.1) is 24.0 Å². The van der Waals surface area contributed by atoms with E-state index in [1.807, 2.05) is 7.05 Å². The van der Waals surface area contributed by atoms with Gasteiger partial charge in [-0.05, 0) is 24.8 Å². The SMILES string of the molecule is CCC(c1ccccc1)N1CCN(C(=NC)NCC2(CS(C)(=O)=O)CC2)CC1.I. The molecule has 3 rings (SSSR count). The maximum atomic E-state index is 11.7. The predicted molar refractivity (Wildman–Crippen MR) is 131 cm³/mol. The summed E-state index contributed by atoms with van der Waals surface area (Å²) in [4.78, 5) is 9.31. The number of hydrogen-bond acceptors (Lipinski definition) is 4. The van der Waals surface area contributed by atoms with E-state index in [1.165, 1.54) is 11.8 Å². The summed E-state index contributed by atoms with van der Waals surface area (Å²) in [7, 11) is -1.14. The molecule has 1 saturated heterocycles. The number of halogens is 1. The van der Waals surface area contributed by atoms with E-state index in [9.17, 15) is 8.42 Å². The molecule has 1 heterocycles. The Bertz CT molecular complexity index is 773. The quantitative estimate of drug-likeness (QED) is 0.331. The van der Waals surface area contributed by atoms with Gasteiger partial charge < -0.3 is 10.2 Å². The molecule has 29 heavy (non-hydrogen) atoms. The lowest BCUT2D eigenvalue weighted by Crippen LogP contribution is -2.53. The summed E-state index contributed by atoms with van der Waals surface area (Å²) < 4.78 is 23.3. The highest BCUT2D eigenvalue weighted by Gasteiger charge is 2.45. The molecule has 1 aromatic carbocycles. The van der Waals surface area contributed by atoms with Crippen molar-refractivity contribution in [3.63, 3.8) is 0 Å². The smallest absolute Gasteiger partial charge is 0.193 e. The Hall–Kier alpha value is -0.870. The Labute approximate surface area is 193 Å². The first-order valence-electron chi connectivity index (χ1n) is 10.3. The summed E-state index contributed by atoms with van der Waals surface area (Å²) in [5.74, 6) is 1.17. The first kappa shape index (κ1) is 24.4. The Morgan fingerprint density at radius 3 is 2.28 bits per heavy atom. The molecule has 1 saturated carbocycles. The van der Waals surface area contributed by atoms with E-state index in [0.29, 0.717) is 12.6 Å². The van der Waals surface area contributed by atoms with Gasteiger partial charge in [-0.3, -0.25) is 9.89 Å². The molecule has 0 radical (unpaired) electrons. The van der Waals surface area contributed by atoms with Crippen molar-refractivity contribution < 1.29 is 8.42 Å². The number of nitrogens with zero attached hydrogens (tertiary/aromatic N) is 3. The van der Waals surface area contributed by atoms with Crippen LogP contribution in [0.15, 0.2) is 35.3 Å². The third kappa shape index (κ3) is 6.82. The molecule has 1 unspecified atom stereocenters. The van der Waals surface area contributed by atoms with Gasteiger partial charge in [0.2, 0.25) is 0 Å². The van der Waals surface area contributed by atoms with Crippen LogP contribution >= 0.6 is 24.0 Å². The molecule has 0 bridgehead atoms. The van der Waals surface area contributed by atoms with Crippen LogP contribution in [0.5, 0.6) is 0 Å². The second-order valence-electron chi connectivity index (χ2n) is 8.33. The summed E-state index contributed by atoms with van der Waals surface area (Å²) in [6.07, 6.45) is 4.39. The van der Waals surface area contributed by atoms with Gasteiger partial charge in [0.15, 0.2) is 5.96 Å². The largest absolute Gasteiger partial charge is 0.356 e. The summed E-state index contributed by atoms with van der Waals surface area (Å²) in [6.45, 7) is 6.81. The van der Waals surface area contributed by atoms with Crippen LogP contribution in [0.4, 0.5) is 0 Å². The molecule has 6 nitrogen and oxygen atoms in total. The normalized spacial score (nSPS) is 20.7. The number of piperazine rings is 1. The van der Waals surface area contributed by atoms with E-state index in [0.717, 1.165) is 51.4 Å². The molecule has 0 amide bonds. The van der Waals surface area contributed by atoms with E-state index in [-0.39, 0.29) is 35.1 Å². The van der Waals surface area contributed by atoms with Gasteiger partial charge in [0.05, 0.1) is 5.75 Å². The van der Waals surface area contributed by atoms with Crippen LogP contribution in [0.2, 0.25) is 0 Å². The molecule has 1 aliphatic heterocycles. The molecule has 0 spiro atoms. The van der Waals surface area contributed by atoms with Crippen molar-refractivity contribution in [1.82, 2.24) is 15.1 Å². The van der Waals surface area contributed by atoms with Crippen molar-refractivity contribution >= 4 is 39.8 Å². The van der Waals surface area contributed by atoms with E-state index in [4.69, 9.17) is 0 Å². The molecule has 1 atom stereocenters. The second-order valence-corrected chi connectivity index (χ2v) is 10.5. The monoisotopic (exact) mass is 534 g/mol. The van der Waals surface area contributed by atoms with Crippen molar-refractivity contribution in [2.75, 3.05) is 51.8 Å². The predicted octanol–water partition coefficient (Wildman–Crippen LogP) is 2.77. The van der Waals surface area contributed by atoms with Crippen molar-refractivity contribution in [1.29, 1.82) is 0 Å². The van der Waals surface area contributed by atoms with Crippen LogP contribution in [-0.4, -0.2) is 76.0 Å². The molecule has 2 aliphatic rings. The molecule has 0 aromatic heterocycles. The maximum Gasteiger partial charge on any atom is 0.193 e. The molecule has 1 aliphatic carbocycles. The van der Waals surface area contributed by atoms with Gasteiger partial charge in [0, 0.05) is 57.5 Å². The Morgan fingerprint density at radius 2 is 1.79 bits per heavy atom. The van der Waals surface area contributed by atoms with Crippen molar-refractivity contribution in [2.24, 2.45) is 10.4 Å². The van der Waals surface area contributed by atoms with Crippen LogP contribution in [0.1, 0.15) is 37.8 Å². The molecule has 1 aromatic rings. The van der Waals surface area contributed by atoms with E-state index < -0.39 is 9.84 Å². The van der Waals surface area contributed by atoms with E-state index >= 15 is 0 Å². The zero-order valence-electron chi connectivity index (χ0n) is 17.8. The lowest BCUT2D eigenvalue weighted by Gasteiger charge is -2.40. The molecule has 8 heteroatoms. The zero-order chi connectivity index (χ0) is 20.2. The lowest BCUT2D eigenvalue weighted by molar-refractivity contribution is 0.126. The molecular weight excluding hydrogens is 499 g/mol. The minimum absolute atomic E-state index is 0. The Morgan fingerprint density at radius 1 is 1.17 bits per heavy atom. The van der Waals surface area contributed by atoms with Gasteiger partial charge >= 0.3 is 0 Å². The average molecular weight is 535 g/mol. The van der Waals surface area contributed by atoms with Crippen LogP contribution in [0.25, 0.3) is 0 Å². The van der Waals surface area contributed by atoms with Gasteiger partial charge in [0.25, 0.3) is 0 Å². The van der Waals surface area contributed by atoms with Crippen molar-refractivity contribution in [3.8, 4) is 0 Å². The molecule has 2 fully saturated rings. The summed E-state index contributed by atoms with van der Waals surface area (Å²) in [5, 5.41) is 3.45. The van der Waals surface area contributed by atoms with E-state index in [1.54, 1.807) is 0 Å². The van der Waals surface area contributed by atoms with Gasteiger partial charge in [-0.25, -0.2) is 8.42 Å². The van der Waals surface area contributed by atoms with E-state index in [2.05, 4.69) is 57.4 Å². The molecule has 1 N–H and O–H groups in total. The van der Waals surface area contributed by atoms with Crippen molar-refractivity contribution in [2.45, 2.75) is 32.2 Å². The molecule has 164 valence electrons. The fourth-order valence-electron chi connectivity index (χ4n) is 4.33. The number of aliphatic imine (C=N–C) groups is 1. The summed E-state index contributed by atoms with van der Waals surface area (Å²) in [6, 6.07) is 11.2. The highest BCUT2D eigenvalue weighted by atomic mass is 127. The highest BCUT2D eigenvalue weighted by molar-refractivity contribution is 14.0. The third-order valence-corrected chi connectivity index (χ3v) is 7.12. The third-order valence-electron chi connectivity index (χ3n) is 5.98. The number of rotatable bonds is 7. The lowest BCUT2D eigenvalue weighted by atomic mass is 10.0. The zero-order valence-corrected chi connectivity index (χ0v) is 20.9. The number of benzene rings is 1. The topological polar surface area (TPSA) is 65.0 Å². The first-order valence-corrected chi connectivity index (χ1v) is 12.3. The summed E-state index contributed by atoms with van der Waals surface area (Å²) >= 11 is 0. The maximum absolute atomic E-state index is 11.7. The summed E-state index contributed by atoms with van der Waals surface area (Å²) in [5.41, 5.74) is 1.30. The number of sulfone groups is 1. The van der Waals surface area contributed by atoms with Crippen LogP contribution in [0.3, 0.4) is 0 Å². The van der Waals surface area contributed by atoms with Crippen LogP contribution in [0, 0.1) is 5.41 Å². The van der Waals surface area contributed by atoms with Gasteiger partial charge in [-0.2, -0.15) is 0 Å². The number of guanidine groups is 1. The van der Waals surface area contributed by atoms with Crippen LogP contribution in [-0.2, 0) is 9.84 Å². The Balaban J connectivity index is 0.00000300. The highest BCUT2D eigenvalue weighted by Crippen LogP contribution is 2.46. The standard InChI is InChI=1S/C21H34N4O2S.HI/c1-4-19(18-8-6-5-7-9-18)24-12-14-25(15-13-24)20(22-2)23-16-21(10-11-21)17-28(3,26)27;/h5-9,19H,4,10-17H2,1-3H3,(H,22,23);1H. The Kier molecular flexibility index (Phi) is 8.78. The van der Waals surface area contributed by atoms with Gasteiger partial charge in [-0.1, -0.05) is 37.3 Å². The first-order chi connectivity index (χ1) is 13.4. The minimum atomic E-state index is -2.95. The average Bonchev–Trinajstić information content (AvgIpc) is 3.42. The van der Waals surface area contributed by atoms with Gasteiger partial charge in [0.1, 0.15) is 9.84 Å². The number of nitrogens with one attached hydrogen (secondary N) is 1. The fraction of sp³-hybridized carbons (Fsp3) is 0.667. The number of hydrogen-bond donors (Lipinski definition) is 1. The van der Waals surface area contributed by atoms with Crippen LogP contribution < -0.4 is 5.32 Å². The van der Waals surface area contributed by atoms with Crippen molar-refractivity contribution in [3.05, 3.63) is 35.9 Å². The minimum Gasteiger partial charge on any atom is -0.356 e. The molecular formula is C21H35IN4O2S. The fourth-order valence-corrected chi connectivity index (χ4v) is 5.83. The second kappa shape index (κ2) is 10.4.